The molecule has 0 aliphatic heterocycles. The van der Waals surface area contributed by atoms with Crippen LogP contribution in [0.1, 0.15) is 36.5 Å². The Morgan fingerprint density at radius 1 is 1.05 bits per heavy atom. The molecule has 2 nitrogen and oxygen atoms in total. The summed E-state index contributed by atoms with van der Waals surface area (Å²) in [6, 6.07) is 14.7. The van der Waals surface area contributed by atoms with E-state index in [4.69, 9.17) is 4.74 Å². The van der Waals surface area contributed by atoms with Crippen LogP contribution >= 0.6 is 0 Å². The Balaban J connectivity index is 1.88. The summed E-state index contributed by atoms with van der Waals surface area (Å²) in [5.74, 6) is 1.48. The minimum absolute atomic E-state index is 0.480. The number of rotatable bonds is 6. The summed E-state index contributed by atoms with van der Waals surface area (Å²) in [7, 11) is 0. The van der Waals surface area contributed by atoms with Gasteiger partial charge in [-0.25, -0.2) is 0 Å². The fraction of sp³-hybridized carbons (Fsp3) is 0.368. The highest BCUT2D eigenvalue weighted by Crippen LogP contribution is 2.25. The van der Waals surface area contributed by atoms with Crippen molar-refractivity contribution in [2.45, 2.75) is 33.6 Å². The first-order valence-electron chi connectivity index (χ1n) is 7.61. The number of nitrogens with one attached hydrogen (secondary N) is 1. The second kappa shape index (κ2) is 7.16. The van der Waals surface area contributed by atoms with E-state index >= 15 is 0 Å². The first-order chi connectivity index (χ1) is 10.1. The average molecular weight is 283 g/mol. The molecular formula is C19H25NO. The molecule has 0 aromatic heterocycles. The smallest absolute Gasteiger partial charge is 0.122 e. The predicted octanol–water partition coefficient (Wildman–Crippen LogP) is 4.92. The van der Waals surface area contributed by atoms with E-state index in [1.165, 1.54) is 22.4 Å². The number of anilines is 1. The zero-order valence-electron chi connectivity index (χ0n) is 13.4. The van der Waals surface area contributed by atoms with E-state index in [1.807, 2.05) is 12.1 Å². The van der Waals surface area contributed by atoms with Crippen LogP contribution in [0.5, 0.6) is 5.75 Å². The van der Waals surface area contributed by atoms with Crippen LogP contribution in [0.2, 0.25) is 0 Å². The normalized spacial score (nSPS) is 10.7. The van der Waals surface area contributed by atoms with Gasteiger partial charge in [-0.1, -0.05) is 49.7 Å². The van der Waals surface area contributed by atoms with Crippen molar-refractivity contribution in [3.05, 3.63) is 59.2 Å². The van der Waals surface area contributed by atoms with Gasteiger partial charge >= 0.3 is 0 Å². The van der Waals surface area contributed by atoms with Crippen LogP contribution in [0.15, 0.2) is 42.5 Å². The van der Waals surface area contributed by atoms with Gasteiger partial charge in [0.05, 0.1) is 0 Å². The van der Waals surface area contributed by atoms with Gasteiger partial charge in [0.2, 0.25) is 0 Å². The second-order valence-electron chi connectivity index (χ2n) is 5.79. The molecule has 0 saturated carbocycles. The third-order valence-electron chi connectivity index (χ3n) is 3.60. The van der Waals surface area contributed by atoms with Crippen molar-refractivity contribution in [2.24, 2.45) is 0 Å². The quantitative estimate of drug-likeness (QED) is 0.760. The molecule has 0 aliphatic rings. The molecule has 112 valence electrons. The summed E-state index contributed by atoms with van der Waals surface area (Å²) >= 11 is 0. The molecule has 1 N–H and O–H groups in total. The van der Waals surface area contributed by atoms with Gasteiger partial charge in [-0.2, -0.15) is 0 Å². The van der Waals surface area contributed by atoms with E-state index in [-0.39, 0.29) is 0 Å². The summed E-state index contributed by atoms with van der Waals surface area (Å²) in [6.07, 6.45) is 0. The molecule has 0 fully saturated rings. The van der Waals surface area contributed by atoms with Crippen molar-refractivity contribution in [1.82, 2.24) is 0 Å². The minimum Gasteiger partial charge on any atom is -0.491 e. The second-order valence-corrected chi connectivity index (χ2v) is 5.79. The van der Waals surface area contributed by atoms with Crippen molar-refractivity contribution in [1.29, 1.82) is 0 Å². The maximum Gasteiger partial charge on any atom is 0.122 e. The Morgan fingerprint density at radius 2 is 1.81 bits per heavy atom. The van der Waals surface area contributed by atoms with Gasteiger partial charge in [0.25, 0.3) is 0 Å². The number of ether oxygens (including phenoxy) is 1. The lowest BCUT2D eigenvalue weighted by atomic mass is 10.0. The van der Waals surface area contributed by atoms with E-state index in [1.54, 1.807) is 0 Å². The Hall–Kier alpha value is -1.96. The van der Waals surface area contributed by atoms with Crippen LogP contribution in [0.4, 0.5) is 5.69 Å². The maximum atomic E-state index is 5.92. The number of aryl methyl sites for hydroxylation is 2. The highest BCUT2D eigenvalue weighted by molar-refractivity contribution is 5.51. The highest BCUT2D eigenvalue weighted by Gasteiger charge is 2.06. The van der Waals surface area contributed by atoms with Crippen LogP contribution < -0.4 is 10.1 Å². The summed E-state index contributed by atoms with van der Waals surface area (Å²) in [6.45, 7) is 10.1. The van der Waals surface area contributed by atoms with Crippen molar-refractivity contribution in [3.8, 4) is 5.75 Å². The third kappa shape index (κ3) is 4.25. The molecule has 0 radical (unpaired) electrons. The van der Waals surface area contributed by atoms with Crippen LogP contribution in [0.25, 0.3) is 0 Å². The van der Waals surface area contributed by atoms with Crippen LogP contribution in [0.3, 0.4) is 0 Å². The van der Waals surface area contributed by atoms with Crippen molar-refractivity contribution in [2.75, 3.05) is 18.5 Å². The summed E-state index contributed by atoms with van der Waals surface area (Å²) in [5.41, 5.74) is 5.02. The molecule has 2 aromatic carbocycles. The average Bonchev–Trinajstić information content (AvgIpc) is 2.45. The van der Waals surface area contributed by atoms with E-state index in [9.17, 15) is 0 Å². The van der Waals surface area contributed by atoms with Crippen molar-refractivity contribution < 1.29 is 4.74 Å². The zero-order valence-corrected chi connectivity index (χ0v) is 13.4. The standard InChI is InChI=1S/C19H25NO/c1-14(2)17-7-5-6-8-19(17)21-12-11-20-18-10-9-15(3)13-16(18)4/h5-10,13-14,20H,11-12H2,1-4H3. The molecular weight excluding hydrogens is 258 g/mol. The number of hydrogen-bond acceptors (Lipinski definition) is 2. The van der Waals surface area contributed by atoms with Crippen LogP contribution in [-0.2, 0) is 0 Å². The molecule has 0 amide bonds. The lowest BCUT2D eigenvalue weighted by Gasteiger charge is -2.15. The Kier molecular flexibility index (Phi) is 5.26. The fourth-order valence-corrected chi connectivity index (χ4v) is 2.45. The van der Waals surface area contributed by atoms with Gasteiger partial charge in [0.15, 0.2) is 0 Å². The molecule has 0 aliphatic carbocycles. The van der Waals surface area contributed by atoms with E-state index < -0.39 is 0 Å². The summed E-state index contributed by atoms with van der Waals surface area (Å²) < 4.78 is 5.92. The van der Waals surface area contributed by atoms with Gasteiger partial charge in [0, 0.05) is 12.2 Å². The molecule has 2 rings (SSSR count). The summed E-state index contributed by atoms with van der Waals surface area (Å²) in [5, 5.41) is 3.43. The SMILES string of the molecule is Cc1ccc(NCCOc2ccccc2C(C)C)c(C)c1. The Morgan fingerprint density at radius 3 is 2.52 bits per heavy atom. The molecule has 2 aromatic rings. The first kappa shape index (κ1) is 15.4. The molecule has 0 atom stereocenters. The minimum atomic E-state index is 0.480. The van der Waals surface area contributed by atoms with Crippen molar-refractivity contribution in [3.63, 3.8) is 0 Å². The first-order valence-corrected chi connectivity index (χ1v) is 7.61. The molecule has 0 heterocycles. The van der Waals surface area contributed by atoms with Gasteiger partial charge in [0.1, 0.15) is 12.4 Å². The Bertz CT molecular complexity index is 590. The van der Waals surface area contributed by atoms with E-state index in [0.717, 1.165) is 12.3 Å². The van der Waals surface area contributed by atoms with Crippen LogP contribution in [-0.4, -0.2) is 13.2 Å². The molecule has 0 spiro atoms. The lowest BCUT2D eigenvalue weighted by Crippen LogP contribution is -2.13. The predicted molar refractivity (Wildman–Crippen MR) is 90.4 cm³/mol. The van der Waals surface area contributed by atoms with Gasteiger partial charge in [-0.05, 0) is 43.0 Å². The van der Waals surface area contributed by atoms with Gasteiger partial charge in [-0.15, -0.1) is 0 Å². The number of hydrogen-bond donors (Lipinski definition) is 1. The summed E-state index contributed by atoms with van der Waals surface area (Å²) in [4.78, 5) is 0. The van der Waals surface area contributed by atoms with E-state index in [2.05, 4.69) is 63.3 Å². The zero-order chi connectivity index (χ0) is 15.2. The molecule has 0 unspecified atom stereocenters. The van der Waals surface area contributed by atoms with E-state index in [0.29, 0.717) is 12.5 Å². The Labute approximate surface area is 128 Å². The topological polar surface area (TPSA) is 21.3 Å². The lowest BCUT2D eigenvalue weighted by molar-refractivity contribution is 0.328. The van der Waals surface area contributed by atoms with Gasteiger partial charge < -0.3 is 10.1 Å². The molecule has 2 heteroatoms. The number of para-hydroxylation sites is 1. The third-order valence-corrected chi connectivity index (χ3v) is 3.60. The molecule has 0 saturated heterocycles. The largest absolute Gasteiger partial charge is 0.491 e. The van der Waals surface area contributed by atoms with Crippen LogP contribution in [0, 0.1) is 13.8 Å². The maximum absolute atomic E-state index is 5.92. The van der Waals surface area contributed by atoms with Crippen molar-refractivity contribution >= 4 is 5.69 Å². The molecule has 0 bridgehead atoms. The number of benzene rings is 2. The monoisotopic (exact) mass is 283 g/mol. The molecule has 21 heavy (non-hydrogen) atoms. The van der Waals surface area contributed by atoms with Gasteiger partial charge in [-0.3, -0.25) is 0 Å². The fourth-order valence-electron chi connectivity index (χ4n) is 2.45. The highest BCUT2D eigenvalue weighted by atomic mass is 16.5.